The third kappa shape index (κ3) is 5.01. The first-order valence-corrected chi connectivity index (χ1v) is 14.1. The first kappa shape index (κ1) is 24.8. The number of nitrogens with one attached hydrogen (secondary N) is 1. The number of aromatic amines is 1. The standard InChI is InChI=1S/C30H27Br2FN2O2/c1-30(2,36)15-17-5-7-20-22(11-17)23-14-19(37-10-9-16-3-4-16)6-8-21(23)28-27(20)34-29(35-28)26-24(31)12-18(33)13-25(26)32/h5-8,11-14,16,36H,3-4,9-10,15H2,1-2H3,(H,34,35). The van der Waals surface area contributed by atoms with Gasteiger partial charge in [0, 0.05) is 31.7 Å². The van der Waals surface area contributed by atoms with E-state index in [0.29, 0.717) is 21.2 Å². The van der Waals surface area contributed by atoms with E-state index in [4.69, 9.17) is 9.72 Å². The highest BCUT2D eigenvalue weighted by atomic mass is 79.9. The van der Waals surface area contributed by atoms with Crippen molar-refractivity contribution in [3.05, 3.63) is 68.9 Å². The predicted octanol–water partition coefficient (Wildman–Crippen LogP) is 8.69. The van der Waals surface area contributed by atoms with Crippen LogP contribution in [0.15, 0.2) is 57.5 Å². The molecule has 0 aliphatic heterocycles. The number of hydrogen-bond acceptors (Lipinski definition) is 3. The summed E-state index contributed by atoms with van der Waals surface area (Å²) in [6, 6.07) is 15.4. The molecular weight excluding hydrogens is 599 g/mol. The van der Waals surface area contributed by atoms with E-state index in [1.54, 1.807) is 0 Å². The summed E-state index contributed by atoms with van der Waals surface area (Å²) in [7, 11) is 0. The Morgan fingerprint density at radius 2 is 1.70 bits per heavy atom. The largest absolute Gasteiger partial charge is 0.494 e. The second-order valence-electron chi connectivity index (χ2n) is 10.7. The van der Waals surface area contributed by atoms with Crippen LogP contribution in [0, 0.1) is 11.7 Å². The van der Waals surface area contributed by atoms with Crippen LogP contribution in [0.1, 0.15) is 38.7 Å². The molecule has 0 spiro atoms. The van der Waals surface area contributed by atoms with Gasteiger partial charge < -0.3 is 14.8 Å². The quantitative estimate of drug-likeness (QED) is 0.178. The highest BCUT2D eigenvalue weighted by molar-refractivity contribution is 9.11. The summed E-state index contributed by atoms with van der Waals surface area (Å²) in [6.07, 6.45) is 4.27. The number of halogens is 3. The number of aliphatic hydroxyl groups is 1. The summed E-state index contributed by atoms with van der Waals surface area (Å²) in [6.45, 7) is 4.37. The maximum absolute atomic E-state index is 14.0. The van der Waals surface area contributed by atoms with Gasteiger partial charge in [-0.25, -0.2) is 9.37 Å². The van der Waals surface area contributed by atoms with Gasteiger partial charge in [0.05, 0.1) is 23.2 Å². The first-order chi connectivity index (χ1) is 17.7. The van der Waals surface area contributed by atoms with Crippen LogP contribution >= 0.6 is 31.9 Å². The lowest BCUT2D eigenvalue weighted by molar-refractivity contribution is 0.0810. The molecule has 1 saturated carbocycles. The van der Waals surface area contributed by atoms with Gasteiger partial charge in [-0.05, 0) is 105 Å². The van der Waals surface area contributed by atoms with E-state index in [9.17, 15) is 9.50 Å². The van der Waals surface area contributed by atoms with E-state index in [1.165, 1.54) is 25.0 Å². The topological polar surface area (TPSA) is 58.1 Å². The Balaban J connectivity index is 1.56. The van der Waals surface area contributed by atoms with Crippen molar-refractivity contribution in [2.24, 2.45) is 5.92 Å². The van der Waals surface area contributed by atoms with Crippen molar-refractivity contribution >= 4 is 64.4 Å². The van der Waals surface area contributed by atoms with E-state index in [1.807, 2.05) is 19.9 Å². The van der Waals surface area contributed by atoms with E-state index < -0.39 is 5.60 Å². The number of rotatable bonds is 7. The molecule has 0 saturated heterocycles. The number of fused-ring (bicyclic) bond motifs is 6. The zero-order valence-electron chi connectivity index (χ0n) is 20.7. The number of imidazole rings is 1. The van der Waals surface area contributed by atoms with Gasteiger partial charge in [0.15, 0.2) is 0 Å². The third-order valence-corrected chi connectivity index (χ3v) is 8.22. The van der Waals surface area contributed by atoms with Crippen molar-refractivity contribution < 1.29 is 14.2 Å². The highest BCUT2D eigenvalue weighted by Crippen LogP contribution is 2.41. The SMILES string of the molecule is CC(C)(O)Cc1ccc2c(c1)c1cc(OCCC3CC3)ccc1c1nc(-c3c(Br)cc(F)cc3Br)[nH]c21. The van der Waals surface area contributed by atoms with Gasteiger partial charge in [0.2, 0.25) is 0 Å². The molecule has 1 aliphatic rings. The first-order valence-electron chi connectivity index (χ1n) is 12.5. The van der Waals surface area contributed by atoms with Crippen LogP contribution in [-0.2, 0) is 6.42 Å². The molecule has 1 heterocycles. The minimum atomic E-state index is -0.813. The molecule has 1 fully saturated rings. The van der Waals surface area contributed by atoms with Gasteiger partial charge in [0.25, 0.3) is 0 Å². The molecule has 4 aromatic carbocycles. The molecule has 1 aliphatic carbocycles. The molecule has 0 amide bonds. The lowest BCUT2D eigenvalue weighted by atomic mass is 9.93. The molecular formula is C30H27Br2FN2O2. The monoisotopic (exact) mass is 624 g/mol. The van der Waals surface area contributed by atoms with Crippen LogP contribution in [-0.4, -0.2) is 27.3 Å². The minimum Gasteiger partial charge on any atom is -0.494 e. The average molecular weight is 626 g/mol. The average Bonchev–Trinajstić information content (AvgIpc) is 3.54. The molecule has 37 heavy (non-hydrogen) atoms. The van der Waals surface area contributed by atoms with Crippen LogP contribution in [0.2, 0.25) is 0 Å². The maximum atomic E-state index is 14.0. The second kappa shape index (κ2) is 9.37. The van der Waals surface area contributed by atoms with E-state index >= 15 is 0 Å². The summed E-state index contributed by atoms with van der Waals surface area (Å²) in [5, 5.41) is 14.6. The molecule has 0 unspecified atom stereocenters. The van der Waals surface area contributed by atoms with E-state index in [0.717, 1.165) is 68.4 Å². The fraction of sp³-hybridized carbons (Fsp3) is 0.300. The van der Waals surface area contributed by atoms with Crippen molar-refractivity contribution in [1.29, 1.82) is 0 Å². The maximum Gasteiger partial charge on any atom is 0.140 e. The highest BCUT2D eigenvalue weighted by Gasteiger charge is 2.22. The number of benzene rings is 4. The smallest absolute Gasteiger partial charge is 0.140 e. The lowest BCUT2D eigenvalue weighted by Gasteiger charge is -2.18. The zero-order chi connectivity index (χ0) is 25.9. The van der Waals surface area contributed by atoms with Gasteiger partial charge in [-0.3, -0.25) is 0 Å². The zero-order valence-corrected chi connectivity index (χ0v) is 23.8. The van der Waals surface area contributed by atoms with Crippen LogP contribution in [0.4, 0.5) is 4.39 Å². The van der Waals surface area contributed by atoms with Crippen LogP contribution in [0.5, 0.6) is 5.75 Å². The molecule has 2 N–H and O–H groups in total. The summed E-state index contributed by atoms with van der Waals surface area (Å²) in [5.41, 5.74) is 2.77. The number of ether oxygens (including phenoxy) is 1. The second-order valence-corrected chi connectivity index (χ2v) is 12.4. The van der Waals surface area contributed by atoms with Crippen molar-refractivity contribution in [3.63, 3.8) is 0 Å². The molecule has 0 atom stereocenters. The Labute approximate surface area is 231 Å². The van der Waals surface area contributed by atoms with E-state index in [-0.39, 0.29) is 5.82 Å². The minimum absolute atomic E-state index is 0.330. The predicted molar refractivity (Wildman–Crippen MR) is 155 cm³/mol. The van der Waals surface area contributed by atoms with Crippen molar-refractivity contribution in [2.75, 3.05) is 6.61 Å². The lowest BCUT2D eigenvalue weighted by Crippen LogP contribution is -2.21. The number of nitrogens with zero attached hydrogens (tertiary/aromatic N) is 1. The normalized spacial score (nSPS) is 14.2. The summed E-state index contributed by atoms with van der Waals surface area (Å²) < 4.78 is 21.3. The molecule has 7 heteroatoms. The van der Waals surface area contributed by atoms with Crippen molar-refractivity contribution in [2.45, 2.75) is 45.1 Å². The number of H-pyrrole nitrogens is 1. The summed E-state index contributed by atoms with van der Waals surface area (Å²) >= 11 is 7.01. The summed E-state index contributed by atoms with van der Waals surface area (Å²) in [5.74, 6) is 1.98. The van der Waals surface area contributed by atoms with E-state index in [2.05, 4.69) is 67.2 Å². The number of hydrogen-bond donors (Lipinski definition) is 2. The third-order valence-electron chi connectivity index (χ3n) is 6.97. The van der Waals surface area contributed by atoms with Crippen LogP contribution < -0.4 is 4.74 Å². The molecule has 190 valence electrons. The van der Waals surface area contributed by atoms with Gasteiger partial charge >= 0.3 is 0 Å². The Kier molecular flexibility index (Phi) is 6.29. The van der Waals surface area contributed by atoms with Crippen molar-refractivity contribution in [1.82, 2.24) is 9.97 Å². The molecule has 6 rings (SSSR count). The summed E-state index contributed by atoms with van der Waals surface area (Å²) in [4.78, 5) is 8.51. The molecule has 0 bridgehead atoms. The molecule has 0 radical (unpaired) electrons. The van der Waals surface area contributed by atoms with Gasteiger partial charge in [-0.15, -0.1) is 0 Å². The van der Waals surface area contributed by atoms with Gasteiger partial charge in [-0.1, -0.05) is 31.0 Å². The fourth-order valence-electron chi connectivity index (χ4n) is 5.08. The fourth-order valence-corrected chi connectivity index (χ4v) is 6.59. The Morgan fingerprint density at radius 3 is 2.41 bits per heavy atom. The molecule has 4 nitrogen and oxygen atoms in total. The number of aromatic nitrogens is 2. The Morgan fingerprint density at radius 1 is 1.00 bits per heavy atom. The Hall–Kier alpha value is -2.48. The van der Waals surface area contributed by atoms with Crippen LogP contribution in [0.25, 0.3) is 44.0 Å². The van der Waals surface area contributed by atoms with Crippen molar-refractivity contribution in [3.8, 4) is 17.1 Å². The molecule has 1 aromatic heterocycles. The van der Waals surface area contributed by atoms with Gasteiger partial charge in [-0.2, -0.15) is 0 Å². The van der Waals surface area contributed by atoms with Gasteiger partial charge in [0.1, 0.15) is 17.4 Å². The van der Waals surface area contributed by atoms with Crippen LogP contribution in [0.3, 0.4) is 0 Å². The molecule has 5 aromatic rings. The Bertz CT molecular complexity index is 1650.